The maximum Gasteiger partial charge on any atom is 0.205 e. The molecule has 0 rings (SSSR count). The largest absolute Gasteiger partial charge is 0.374 e. The molecular formula is C8H12O4. The van der Waals surface area contributed by atoms with Crippen molar-refractivity contribution in [2.75, 3.05) is 7.11 Å². The van der Waals surface area contributed by atoms with Gasteiger partial charge < -0.3 is 4.74 Å². The number of hydrogen-bond acceptors (Lipinski definition) is 4. The summed E-state index contributed by atoms with van der Waals surface area (Å²) in [6.45, 7) is 2.68. The summed E-state index contributed by atoms with van der Waals surface area (Å²) < 4.78 is 4.68. The van der Waals surface area contributed by atoms with Gasteiger partial charge in [-0.15, -0.1) is 0 Å². The van der Waals surface area contributed by atoms with E-state index in [1.54, 1.807) is 0 Å². The van der Waals surface area contributed by atoms with Crippen LogP contribution in [0, 0.1) is 0 Å². The topological polar surface area (TPSA) is 60.4 Å². The minimum atomic E-state index is -0.663. The molecule has 0 aromatic heterocycles. The highest BCUT2D eigenvalue weighted by Gasteiger charge is 2.18. The van der Waals surface area contributed by atoms with Gasteiger partial charge in [0.05, 0.1) is 6.42 Å². The first kappa shape index (κ1) is 11.0. The second kappa shape index (κ2) is 4.77. The van der Waals surface area contributed by atoms with Gasteiger partial charge in [-0.2, -0.15) is 0 Å². The number of hydrogen-bond donors (Lipinski definition) is 0. The van der Waals surface area contributed by atoms with Crippen LogP contribution in [0.25, 0.3) is 0 Å². The van der Waals surface area contributed by atoms with Crippen LogP contribution >= 0.6 is 0 Å². The molecule has 12 heavy (non-hydrogen) atoms. The smallest absolute Gasteiger partial charge is 0.205 e. The van der Waals surface area contributed by atoms with E-state index in [1.807, 2.05) is 0 Å². The van der Waals surface area contributed by atoms with Crippen LogP contribution in [0.5, 0.6) is 0 Å². The SMILES string of the molecule is COC(C)C(=O)CC(=O)C(C)=O. The fourth-order valence-corrected chi connectivity index (χ4v) is 0.558. The monoisotopic (exact) mass is 172 g/mol. The molecule has 1 unspecified atom stereocenters. The second-order valence-corrected chi connectivity index (χ2v) is 2.50. The molecule has 0 spiro atoms. The van der Waals surface area contributed by atoms with E-state index in [2.05, 4.69) is 4.74 Å². The standard InChI is InChI=1S/C8H12O4/c1-5(9)7(10)4-8(11)6(2)12-3/h6H,4H2,1-3H3. The molecule has 0 aliphatic carbocycles. The number of ether oxygens (including phenoxy) is 1. The van der Waals surface area contributed by atoms with Gasteiger partial charge in [0.15, 0.2) is 11.6 Å². The first-order chi connectivity index (χ1) is 5.49. The van der Waals surface area contributed by atoms with Gasteiger partial charge in [-0.3, -0.25) is 14.4 Å². The maximum absolute atomic E-state index is 11.0. The van der Waals surface area contributed by atoms with E-state index in [-0.39, 0.29) is 12.2 Å². The van der Waals surface area contributed by atoms with Crippen molar-refractivity contribution in [2.24, 2.45) is 0 Å². The molecular weight excluding hydrogens is 160 g/mol. The van der Waals surface area contributed by atoms with E-state index < -0.39 is 17.7 Å². The highest BCUT2D eigenvalue weighted by molar-refractivity contribution is 6.39. The Bertz CT molecular complexity index is 207. The Morgan fingerprint density at radius 1 is 1.33 bits per heavy atom. The number of Topliss-reactive ketones (excluding diaryl/α,β-unsaturated/α-hetero) is 3. The van der Waals surface area contributed by atoms with Crippen LogP contribution in [-0.2, 0) is 19.1 Å². The lowest BCUT2D eigenvalue weighted by atomic mass is 10.1. The van der Waals surface area contributed by atoms with Crippen molar-refractivity contribution < 1.29 is 19.1 Å². The minimum absolute atomic E-state index is 0.357. The molecule has 0 aliphatic rings. The summed E-state index contributed by atoms with van der Waals surface area (Å²) in [6.07, 6.45) is -0.974. The molecule has 68 valence electrons. The van der Waals surface area contributed by atoms with Gasteiger partial charge in [0, 0.05) is 14.0 Å². The predicted molar refractivity (Wildman–Crippen MR) is 41.8 cm³/mol. The van der Waals surface area contributed by atoms with Crippen LogP contribution in [0.2, 0.25) is 0 Å². The summed E-state index contributed by atoms with van der Waals surface area (Å²) in [6, 6.07) is 0. The molecule has 0 aromatic carbocycles. The zero-order valence-corrected chi connectivity index (χ0v) is 7.42. The van der Waals surface area contributed by atoms with Crippen LogP contribution < -0.4 is 0 Å². The zero-order valence-electron chi connectivity index (χ0n) is 7.42. The molecule has 0 amide bonds. The summed E-state index contributed by atoms with van der Waals surface area (Å²) in [5.41, 5.74) is 0. The van der Waals surface area contributed by atoms with Crippen LogP contribution in [-0.4, -0.2) is 30.6 Å². The van der Waals surface area contributed by atoms with Crippen molar-refractivity contribution in [1.29, 1.82) is 0 Å². The molecule has 0 saturated carbocycles. The Morgan fingerprint density at radius 3 is 2.17 bits per heavy atom. The molecule has 4 heteroatoms. The molecule has 1 atom stereocenters. The van der Waals surface area contributed by atoms with Gasteiger partial charge in [-0.05, 0) is 6.92 Å². The van der Waals surface area contributed by atoms with E-state index >= 15 is 0 Å². The quantitative estimate of drug-likeness (QED) is 0.437. The molecule has 0 N–H and O–H groups in total. The molecule has 0 aliphatic heterocycles. The van der Waals surface area contributed by atoms with Crippen LogP contribution in [0.15, 0.2) is 0 Å². The van der Waals surface area contributed by atoms with Crippen molar-refractivity contribution in [3.8, 4) is 0 Å². The van der Waals surface area contributed by atoms with Crippen molar-refractivity contribution in [1.82, 2.24) is 0 Å². The summed E-state index contributed by atoms with van der Waals surface area (Å²) in [7, 11) is 1.38. The fraction of sp³-hybridized carbons (Fsp3) is 0.625. The van der Waals surface area contributed by atoms with Crippen molar-refractivity contribution in [3.05, 3.63) is 0 Å². The highest BCUT2D eigenvalue weighted by atomic mass is 16.5. The Labute approximate surface area is 70.9 Å². The molecule has 0 aromatic rings. The average molecular weight is 172 g/mol. The number of ketones is 3. The van der Waals surface area contributed by atoms with Crippen molar-refractivity contribution in [3.63, 3.8) is 0 Å². The van der Waals surface area contributed by atoms with Gasteiger partial charge in [-0.25, -0.2) is 0 Å². The molecule has 4 nitrogen and oxygen atoms in total. The van der Waals surface area contributed by atoms with Crippen molar-refractivity contribution >= 4 is 17.3 Å². The summed E-state index contributed by atoms with van der Waals surface area (Å²) in [4.78, 5) is 32.2. The van der Waals surface area contributed by atoms with Gasteiger partial charge in [0.2, 0.25) is 5.78 Å². The number of carbonyl (C=O) groups excluding carboxylic acids is 3. The minimum Gasteiger partial charge on any atom is -0.374 e. The third-order valence-corrected chi connectivity index (χ3v) is 1.53. The summed E-state index contributed by atoms with van der Waals surface area (Å²) >= 11 is 0. The molecule has 0 heterocycles. The molecule has 0 saturated heterocycles. The lowest BCUT2D eigenvalue weighted by molar-refractivity contribution is -0.139. The van der Waals surface area contributed by atoms with E-state index in [4.69, 9.17) is 0 Å². The maximum atomic E-state index is 11.0. The summed E-state index contributed by atoms with van der Waals surface area (Å²) in [5.74, 6) is -1.62. The van der Waals surface area contributed by atoms with E-state index in [1.165, 1.54) is 14.0 Å². The first-order valence-electron chi connectivity index (χ1n) is 3.58. The molecule has 0 fully saturated rings. The lowest BCUT2D eigenvalue weighted by Gasteiger charge is -2.05. The highest BCUT2D eigenvalue weighted by Crippen LogP contribution is 1.96. The third kappa shape index (κ3) is 3.39. The summed E-state index contributed by atoms with van der Waals surface area (Å²) in [5, 5.41) is 0. The molecule has 0 radical (unpaired) electrons. The Hall–Kier alpha value is -1.03. The Kier molecular flexibility index (Phi) is 4.36. The first-order valence-corrected chi connectivity index (χ1v) is 3.58. The van der Waals surface area contributed by atoms with Gasteiger partial charge in [-0.1, -0.05) is 0 Å². The predicted octanol–water partition coefficient (Wildman–Crippen LogP) is 0.139. The normalized spacial score (nSPS) is 12.2. The van der Waals surface area contributed by atoms with E-state index in [0.717, 1.165) is 6.92 Å². The van der Waals surface area contributed by atoms with Crippen LogP contribution in [0.1, 0.15) is 20.3 Å². The van der Waals surface area contributed by atoms with Gasteiger partial charge in [0.1, 0.15) is 6.10 Å². The molecule has 0 bridgehead atoms. The lowest BCUT2D eigenvalue weighted by Crippen LogP contribution is -2.24. The van der Waals surface area contributed by atoms with E-state index in [9.17, 15) is 14.4 Å². The van der Waals surface area contributed by atoms with Crippen LogP contribution in [0.4, 0.5) is 0 Å². The number of rotatable bonds is 5. The zero-order chi connectivity index (χ0) is 9.72. The van der Waals surface area contributed by atoms with Crippen molar-refractivity contribution in [2.45, 2.75) is 26.4 Å². The second-order valence-electron chi connectivity index (χ2n) is 2.50. The Morgan fingerprint density at radius 2 is 1.83 bits per heavy atom. The van der Waals surface area contributed by atoms with Crippen LogP contribution in [0.3, 0.4) is 0 Å². The number of carbonyl (C=O) groups is 3. The fourth-order valence-electron chi connectivity index (χ4n) is 0.558. The third-order valence-electron chi connectivity index (χ3n) is 1.53. The Balaban J connectivity index is 4.01. The van der Waals surface area contributed by atoms with Gasteiger partial charge in [0.25, 0.3) is 0 Å². The van der Waals surface area contributed by atoms with E-state index in [0.29, 0.717) is 0 Å². The average Bonchev–Trinajstić information content (AvgIpc) is 2.02. The van der Waals surface area contributed by atoms with Gasteiger partial charge >= 0.3 is 0 Å². The number of methoxy groups -OCH3 is 1.